The average Bonchev–Trinajstić information content (AvgIpc) is 2.95. The summed E-state index contributed by atoms with van der Waals surface area (Å²) in [5.41, 5.74) is -1.29. The zero-order valence-corrected chi connectivity index (χ0v) is 13.4. The fraction of sp³-hybridized carbons (Fsp3) is 0.471. The molecule has 2 N–H and O–H groups in total. The minimum atomic E-state index is -1.14. The number of amides is 2. The topological polar surface area (TPSA) is 82.0 Å². The Morgan fingerprint density at radius 3 is 2.38 bits per heavy atom. The number of hydrogen-bond donors (Lipinski definition) is 2. The van der Waals surface area contributed by atoms with E-state index in [0.717, 1.165) is 25.0 Å². The average molecular weight is 335 g/mol. The van der Waals surface area contributed by atoms with Gasteiger partial charge in [-0.3, -0.25) is 9.59 Å². The fourth-order valence-electron chi connectivity index (χ4n) is 3.06. The highest BCUT2D eigenvalue weighted by molar-refractivity contribution is 5.80. The van der Waals surface area contributed by atoms with Gasteiger partial charge in [-0.15, -0.1) is 0 Å². The molecule has 0 bridgehead atoms. The zero-order chi connectivity index (χ0) is 17.7. The van der Waals surface area contributed by atoms with E-state index in [9.17, 15) is 23.6 Å². The van der Waals surface area contributed by atoms with Crippen LogP contribution in [-0.2, 0) is 9.59 Å². The second-order valence-electron chi connectivity index (χ2n) is 6.04. The van der Waals surface area contributed by atoms with Crippen LogP contribution in [0.15, 0.2) is 18.2 Å². The molecule has 0 aromatic heterocycles. The second-order valence-corrected chi connectivity index (χ2v) is 6.04. The highest BCUT2D eigenvalue weighted by atomic mass is 19.1. The normalized spacial score (nSPS) is 16.9. The summed E-state index contributed by atoms with van der Waals surface area (Å²) in [6, 6.07) is 4.33. The van der Waals surface area contributed by atoms with Crippen molar-refractivity contribution in [1.29, 1.82) is 5.26 Å². The molecule has 1 saturated carbocycles. The highest BCUT2D eigenvalue weighted by Crippen LogP contribution is 2.30. The molecule has 1 aromatic rings. The first-order valence-corrected chi connectivity index (χ1v) is 7.80. The fourth-order valence-corrected chi connectivity index (χ4v) is 3.06. The number of carbonyl (C=O) groups is 2. The van der Waals surface area contributed by atoms with Gasteiger partial charge in [-0.1, -0.05) is 6.07 Å². The summed E-state index contributed by atoms with van der Waals surface area (Å²) in [5.74, 6) is -2.71. The number of nitriles is 1. The maximum Gasteiger partial charge on any atom is 0.223 e. The van der Waals surface area contributed by atoms with Gasteiger partial charge in [-0.05, 0) is 37.8 Å². The Balaban J connectivity index is 2.19. The van der Waals surface area contributed by atoms with Gasteiger partial charge >= 0.3 is 0 Å². The third-order valence-corrected chi connectivity index (χ3v) is 4.17. The van der Waals surface area contributed by atoms with Crippen molar-refractivity contribution in [3.05, 3.63) is 35.4 Å². The molecule has 2 amide bonds. The Kier molecular flexibility index (Phi) is 5.50. The van der Waals surface area contributed by atoms with Crippen molar-refractivity contribution in [3.63, 3.8) is 0 Å². The van der Waals surface area contributed by atoms with Crippen LogP contribution in [0, 0.1) is 23.0 Å². The monoisotopic (exact) mass is 335 g/mol. The zero-order valence-electron chi connectivity index (χ0n) is 13.4. The molecule has 24 heavy (non-hydrogen) atoms. The van der Waals surface area contributed by atoms with Crippen molar-refractivity contribution in [2.24, 2.45) is 0 Å². The Bertz CT molecular complexity index is 659. The van der Waals surface area contributed by atoms with Crippen molar-refractivity contribution < 1.29 is 18.4 Å². The van der Waals surface area contributed by atoms with Gasteiger partial charge in [0.1, 0.15) is 17.2 Å². The van der Waals surface area contributed by atoms with E-state index in [-0.39, 0.29) is 12.0 Å². The van der Waals surface area contributed by atoms with E-state index in [2.05, 4.69) is 16.7 Å². The minimum Gasteiger partial charge on any atom is -0.349 e. The summed E-state index contributed by atoms with van der Waals surface area (Å²) in [6.07, 6.45) is 2.43. The smallest absolute Gasteiger partial charge is 0.223 e. The molecule has 128 valence electrons. The molecule has 1 atom stereocenters. The summed E-state index contributed by atoms with van der Waals surface area (Å²) in [5, 5.41) is 14.4. The van der Waals surface area contributed by atoms with Crippen LogP contribution in [-0.4, -0.2) is 17.4 Å². The minimum absolute atomic E-state index is 0.346. The first-order chi connectivity index (χ1) is 11.4. The third kappa shape index (κ3) is 4.07. The molecule has 2 rings (SSSR count). The molecule has 5 nitrogen and oxygen atoms in total. The van der Waals surface area contributed by atoms with Gasteiger partial charge in [0.15, 0.2) is 0 Å². The molecule has 0 aliphatic heterocycles. The van der Waals surface area contributed by atoms with E-state index in [4.69, 9.17) is 0 Å². The van der Waals surface area contributed by atoms with Crippen LogP contribution in [0.3, 0.4) is 0 Å². The Hall–Kier alpha value is -2.49. The first kappa shape index (κ1) is 17.9. The molecular weight excluding hydrogens is 316 g/mol. The van der Waals surface area contributed by atoms with Crippen LogP contribution >= 0.6 is 0 Å². The van der Waals surface area contributed by atoms with Gasteiger partial charge in [0.25, 0.3) is 0 Å². The van der Waals surface area contributed by atoms with Crippen LogP contribution < -0.4 is 10.6 Å². The van der Waals surface area contributed by atoms with Gasteiger partial charge in [0.2, 0.25) is 11.8 Å². The summed E-state index contributed by atoms with van der Waals surface area (Å²) < 4.78 is 27.9. The lowest BCUT2D eigenvalue weighted by molar-refractivity contribution is -0.123. The molecule has 1 unspecified atom stereocenters. The lowest BCUT2D eigenvalue weighted by Gasteiger charge is -2.24. The van der Waals surface area contributed by atoms with Crippen LogP contribution in [0.4, 0.5) is 8.78 Å². The second kappa shape index (κ2) is 7.39. The van der Waals surface area contributed by atoms with Crippen molar-refractivity contribution in [3.8, 4) is 6.07 Å². The highest BCUT2D eigenvalue weighted by Gasteiger charge is 2.36. The van der Waals surface area contributed by atoms with E-state index >= 15 is 0 Å². The number of carbonyl (C=O) groups excluding carboxylic acids is 2. The molecule has 1 fully saturated rings. The number of hydrogen-bond acceptors (Lipinski definition) is 3. The number of nitrogens with one attached hydrogen (secondary N) is 2. The Morgan fingerprint density at radius 2 is 1.88 bits per heavy atom. The summed E-state index contributed by atoms with van der Waals surface area (Å²) >= 11 is 0. The van der Waals surface area contributed by atoms with Gasteiger partial charge in [0, 0.05) is 12.5 Å². The van der Waals surface area contributed by atoms with Crippen LogP contribution in [0.1, 0.15) is 50.6 Å². The lowest BCUT2D eigenvalue weighted by Crippen LogP contribution is -2.46. The third-order valence-electron chi connectivity index (χ3n) is 4.17. The Labute approximate surface area is 139 Å². The quantitative estimate of drug-likeness (QED) is 0.867. The van der Waals surface area contributed by atoms with Gasteiger partial charge in [0.05, 0.1) is 18.5 Å². The predicted octanol–water partition coefficient (Wildman–Crippen LogP) is 2.48. The van der Waals surface area contributed by atoms with E-state index in [0.29, 0.717) is 12.8 Å². The van der Waals surface area contributed by atoms with Crippen molar-refractivity contribution in [2.45, 2.75) is 50.6 Å². The largest absolute Gasteiger partial charge is 0.349 e. The van der Waals surface area contributed by atoms with E-state index in [1.807, 2.05) is 0 Å². The number of nitrogens with zero attached hydrogens (tertiary/aromatic N) is 1. The molecular formula is C17H19F2N3O2. The number of rotatable bonds is 5. The standard InChI is InChI=1S/C17H19F2N3O2/c1-11(23)21-14(16-12(18)5-4-6-13(16)19)9-15(24)22-17(10-20)7-2-3-8-17/h4-6,14H,2-3,7-9H2,1H3,(H,21,23)(H,22,24). The molecule has 1 aliphatic carbocycles. The van der Waals surface area contributed by atoms with Gasteiger partial charge in [-0.25, -0.2) is 8.78 Å². The van der Waals surface area contributed by atoms with E-state index < -0.39 is 35.0 Å². The molecule has 1 aromatic carbocycles. The molecule has 0 spiro atoms. The molecule has 7 heteroatoms. The van der Waals surface area contributed by atoms with Crippen LogP contribution in [0.5, 0.6) is 0 Å². The Morgan fingerprint density at radius 1 is 1.29 bits per heavy atom. The van der Waals surface area contributed by atoms with Crippen molar-refractivity contribution in [2.75, 3.05) is 0 Å². The summed E-state index contributed by atoms with van der Waals surface area (Å²) in [4.78, 5) is 23.6. The van der Waals surface area contributed by atoms with Gasteiger partial charge < -0.3 is 10.6 Å². The van der Waals surface area contributed by atoms with Crippen molar-refractivity contribution >= 4 is 11.8 Å². The summed E-state index contributed by atoms with van der Waals surface area (Å²) in [6.45, 7) is 1.21. The van der Waals surface area contributed by atoms with Crippen LogP contribution in [0.2, 0.25) is 0 Å². The molecule has 0 radical (unpaired) electrons. The molecule has 0 heterocycles. The number of halogens is 2. The first-order valence-electron chi connectivity index (χ1n) is 7.80. The predicted molar refractivity (Wildman–Crippen MR) is 82.5 cm³/mol. The number of benzene rings is 1. The molecule has 0 saturated heterocycles. The maximum absolute atomic E-state index is 14.0. The lowest BCUT2D eigenvalue weighted by atomic mass is 9.97. The maximum atomic E-state index is 14.0. The van der Waals surface area contributed by atoms with Crippen LogP contribution in [0.25, 0.3) is 0 Å². The summed E-state index contributed by atoms with van der Waals surface area (Å²) in [7, 11) is 0. The van der Waals surface area contributed by atoms with E-state index in [1.54, 1.807) is 0 Å². The molecule has 1 aliphatic rings. The SMILES string of the molecule is CC(=O)NC(CC(=O)NC1(C#N)CCCC1)c1c(F)cccc1F. The van der Waals surface area contributed by atoms with E-state index in [1.165, 1.54) is 13.0 Å². The van der Waals surface area contributed by atoms with Gasteiger partial charge in [-0.2, -0.15) is 5.26 Å². The van der Waals surface area contributed by atoms with Crippen molar-refractivity contribution in [1.82, 2.24) is 10.6 Å².